The summed E-state index contributed by atoms with van der Waals surface area (Å²) < 4.78 is 32.1. The number of morpholine rings is 1. The van der Waals surface area contributed by atoms with E-state index >= 15 is 0 Å². The maximum Gasteiger partial charge on any atom is 0.147 e. The number of rotatable bonds is 1. The van der Waals surface area contributed by atoms with E-state index in [0.717, 1.165) is 6.07 Å². The second-order valence-corrected chi connectivity index (χ2v) is 4.17. The average molecular weight is 278 g/mol. The zero-order valence-corrected chi connectivity index (χ0v) is 9.56. The molecule has 0 unspecified atom stereocenters. The number of hydrogen-bond acceptors (Lipinski definition) is 2. The molecule has 2 rings (SSSR count). The highest BCUT2D eigenvalue weighted by atomic mass is 79.9. The van der Waals surface area contributed by atoms with E-state index in [1.54, 1.807) is 4.90 Å². The number of hydrogen-bond donors (Lipinski definition) is 0. The van der Waals surface area contributed by atoms with Gasteiger partial charge in [0.25, 0.3) is 0 Å². The lowest BCUT2D eigenvalue weighted by Gasteiger charge is -2.29. The Bertz CT molecular complexity index is 367. The van der Waals surface area contributed by atoms with Crippen LogP contribution in [0.25, 0.3) is 0 Å². The van der Waals surface area contributed by atoms with Gasteiger partial charge >= 0.3 is 0 Å². The lowest BCUT2D eigenvalue weighted by molar-refractivity contribution is 0.122. The van der Waals surface area contributed by atoms with Gasteiger partial charge in [0.15, 0.2) is 0 Å². The number of nitrogens with zero attached hydrogens (tertiary/aromatic N) is 1. The third-order valence-corrected chi connectivity index (χ3v) is 2.95. The average Bonchev–Trinajstić information content (AvgIpc) is 2.25. The van der Waals surface area contributed by atoms with Crippen molar-refractivity contribution in [3.8, 4) is 0 Å². The van der Waals surface area contributed by atoms with E-state index in [-0.39, 0.29) is 4.47 Å². The summed E-state index contributed by atoms with van der Waals surface area (Å²) >= 11 is 2.95. The van der Waals surface area contributed by atoms with E-state index in [4.69, 9.17) is 4.74 Å². The molecular weight excluding hydrogens is 268 g/mol. The number of anilines is 1. The fourth-order valence-corrected chi connectivity index (χ4v) is 1.87. The minimum absolute atomic E-state index is 0.150. The Morgan fingerprint density at radius 1 is 1.13 bits per heavy atom. The molecule has 82 valence electrons. The van der Waals surface area contributed by atoms with Crippen molar-refractivity contribution in [3.05, 3.63) is 28.2 Å². The third kappa shape index (κ3) is 2.29. The topological polar surface area (TPSA) is 12.5 Å². The molecule has 0 N–H and O–H groups in total. The first-order valence-electron chi connectivity index (χ1n) is 4.66. The summed E-state index contributed by atoms with van der Waals surface area (Å²) in [6.45, 7) is 2.30. The Hall–Kier alpha value is -0.680. The summed E-state index contributed by atoms with van der Waals surface area (Å²) in [5, 5.41) is 0. The summed E-state index contributed by atoms with van der Waals surface area (Å²) in [6.07, 6.45) is 0. The van der Waals surface area contributed by atoms with E-state index in [0.29, 0.717) is 32.0 Å². The molecule has 0 radical (unpaired) electrons. The van der Waals surface area contributed by atoms with Crippen molar-refractivity contribution in [1.82, 2.24) is 0 Å². The Morgan fingerprint density at radius 3 is 2.47 bits per heavy atom. The Morgan fingerprint density at radius 2 is 1.80 bits per heavy atom. The molecule has 5 heteroatoms. The Kier molecular flexibility index (Phi) is 3.21. The second kappa shape index (κ2) is 4.45. The molecule has 0 amide bonds. The van der Waals surface area contributed by atoms with Crippen LogP contribution in [-0.2, 0) is 4.74 Å². The highest BCUT2D eigenvalue weighted by Gasteiger charge is 2.17. The first-order chi connectivity index (χ1) is 7.18. The minimum atomic E-state index is -0.446. The molecule has 2 nitrogen and oxygen atoms in total. The summed E-state index contributed by atoms with van der Waals surface area (Å²) in [5.41, 5.74) is 0.305. The largest absolute Gasteiger partial charge is 0.378 e. The van der Waals surface area contributed by atoms with Crippen molar-refractivity contribution >= 4 is 21.6 Å². The Labute approximate surface area is 95.0 Å². The van der Waals surface area contributed by atoms with Crippen LogP contribution in [0.1, 0.15) is 0 Å². The van der Waals surface area contributed by atoms with Gasteiger partial charge in [-0.05, 0) is 22.0 Å². The van der Waals surface area contributed by atoms with Crippen LogP contribution in [0.2, 0.25) is 0 Å². The van der Waals surface area contributed by atoms with Crippen molar-refractivity contribution in [2.45, 2.75) is 0 Å². The lowest BCUT2D eigenvalue weighted by atomic mass is 10.2. The molecular formula is C10H10BrF2NO. The molecule has 1 aromatic rings. The number of halogens is 3. The molecule has 0 saturated carbocycles. The van der Waals surface area contributed by atoms with E-state index < -0.39 is 11.6 Å². The first kappa shape index (κ1) is 10.8. The predicted octanol–water partition coefficient (Wildman–Crippen LogP) is 2.56. The van der Waals surface area contributed by atoms with E-state index in [9.17, 15) is 8.78 Å². The van der Waals surface area contributed by atoms with Crippen LogP contribution in [0.15, 0.2) is 16.6 Å². The summed E-state index contributed by atoms with van der Waals surface area (Å²) in [6, 6.07) is 2.37. The van der Waals surface area contributed by atoms with Crippen LogP contribution >= 0.6 is 15.9 Å². The number of benzene rings is 1. The maximum atomic E-state index is 13.5. The van der Waals surface area contributed by atoms with E-state index in [2.05, 4.69) is 15.9 Å². The molecule has 0 atom stereocenters. The molecule has 15 heavy (non-hydrogen) atoms. The standard InChI is InChI=1S/C10H10BrF2NO/c11-7-5-9(13)10(6-8(7)12)14-1-3-15-4-2-14/h5-6H,1-4H2. The lowest BCUT2D eigenvalue weighted by Crippen LogP contribution is -2.36. The van der Waals surface area contributed by atoms with Gasteiger partial charge in [0, 0.05) is 19.2 Å². The summed E-state index contributed by atoms with van der Waals surface area (Å²) in [4.78, 5) is 1.79. The van der Waals surface area contributed by atoms with Crippen LogP contribution in [-0.4, -0.2) is 26.3 Å². The van der Waals surface area contributed by atoms with Gasteiger partial charge in [-0.15, -0.1) is 0 Å². The molecule has 1 fully saturated rings. The zero-order chi connectivity index (χ0) is 10.8. The van der Waals surface area contributed by atoms with Gasteiger partial charge in [-0.2, -0.15) is 0 Å². The molecule has 1 heterocycles. The molecule has 0 bridgehead atoms. The van der Waals surface area contributed by atoms with Crippen molar-refractivity contribution in [2.24, 2.45) is 0 Å². The fourth-order valence-electron chi connectivity index (χ4n) is 1.56. The quantitative estimate of drug-likeness (QED) is 0.732. The zero-order valence-electron chi connectivity index (χ0n) is 7.97. The molecule has 0 spiro atoms. The van der Waals surface area contributed by atoms with Gasteiger partial charge in [-0.1, -0.05) is 0 Å². The summed E-state index contributed by atoms with van der Waals surface area (Å²) in [5.74, 6) is -0.858. The Balaban J connectivity index is 2.30. The highest BCUT2D eigenvalue weighted by molar-refractivity contribution is 9.10. The molecule has 0 aliphatic carbocycles. The number of ether oxygens (including phenoxy) is 1. The van der Waals surface area contributed by atoms with Crippen molar-refractivity contribution in [2.75, 3.05) is 31.2 Å². The van der Waals surface area contributed by atoms with Gasteiger partial charge in [-0.25, -0.2) is 8.78 Å². The predicted molar refractivity (Wildman–Crippen MR) is 57.1 cm³/mol. The van der Waals surface area contributed by atoms with Crippen molar-refractivity contribution < 1.29 is 13.5 Å². The normalized spacial score (nSPS) is 16.9. The monoisotopic (exact) mass is 277 g/mol. The smallest absolute Gasteiger partial charge is 0.147 e. The molecule has 1 aliphatic heterocycles. The minimum Gasteiger partial charge on any atom is -0.378 e. The van der Waals surface area contributed by atoms with Crippen LogP contribution in [0.3, 0.4) is 0 Å². The summed E-state index contributed by atoms with van der Waals surface area (Å²) in [7, 11) is 0. The van der Waals surface area contributed by atoms with Crippen LogP contribution in [0.5, 0.6) is 0 Å². The first-order valence-corrected chi connectivity index (χ1v) is 5.45. The molecule has 1 aromatic carbocycles. The molecule has 1 aliphatic rings. The van der Waals surface area contributed by atoms with Gasteiger partial charge in [0.05, 0.1) is 23.4 Å². The van der Waals surface area contributed by atoms with Gasteiger partial charge in [0.1, 0.15) is 11.6 Å². The maximum absolute atomic E-state index is 13.5. The van der Waals surface area contributed by atoms with Gasteiger partial charge in [0.2, 0.25) is 0 Å². The van der Waals surface area contributed by atoms with Crippen molar-refractivity contribution in [1.29, 1.82) is 0 Å². The third-order valence-electron chi connectivity index (χ3n) is 2.34. The van der Waals surface area contributed by atoms with Crippen LogP contribution in [0.4, 0.5) is 14.5 Å². The second-order valence-electron chi connectivity index (χ2n) is 3.32. The fraction of sp³-hybridized carbons (Fsp3) is 0.400. The highest BCUT2D eigenvalue weighted by Crippen LogP contribution is 2.26. The van der Waals surface area contributed by atoms with Crippen molar-refractivity contribution in [3.63, 3.8) is 0 Å². The molecule has 0 aromatic heterocycles. The van der Waals surface area contributed by atoms with Gasteiger partial charge < -0.3 is 9.64 Å². The van der Waals surface area contributed by atoms with E-state index in [1.807, 2.05) is 0 Å². The molecule has 1 saturated heterocycles. The van der Waals surface area contributed by atoms with Crippen LogP contribution < -0.4 is 4.90 Å². The van der Waals surface area contributed by atoms with E-state index in [1.165, 1.54) is 6.07 Å². The SMILES string of the molecule is Fc1cc(N2CCOCC2)c(F)cc1Br. The van der Waals surface area contributed by atoms with Crippen LogP contribution in [0, 0.1) is 11.6 Å². The van der Waals surface area contributed by atoms with Gasteiger partial charge in [-0.3, -0.25) is 0 Å².